The fourth-order valence-corrected chi connectivity index (χ4v) is 4.25. The maximum absolute atomic E-state index is 12.6. The van der Waals surface area contributed by atoms with Gasteiger partial charge in [-0.15, -0.1) is 16.6 Å². The summed E-state index contributed by atoms with van der Waals surface area (Å²) in [6.45, 7) is 6.73. The minimum atomic E-state index is -0.135. The van der Waals surface area contributed by atoms with Crippen LogP contribution in [0.1, 0.15) is 6.92 Å². The molecule has 1 N–H and O–H groups in total. The number of nitrogens with zero attached hydrogens (tertiary/aromatic N) is 4. The van der Waals surface area contributed by atoms with Crippen LogP contribution >= 0.6 is 11.8 Å². The Bertz CT molecular complexity index is 1130. The molecule has 1 aliphatic heterocycles. The van der Waals surface area contributed by atoms with E-state index in [4.69, 9.17) is 15.6 Å². The first-order valence-corrected chi connectivity index (χ1v) is 12.1. The molecule has 9 heteroatoms. The van der Waals surface area contributed by atoms with Gasteiger partial charge in [-0.05, 0) is 43.3 Å². The Morgan fingerprint density at radius 3 is 2.65 bits per heavy atom. The third-order valence-corrected chi connectivity index (χ3v) is 6.17. The van der Waals surface area contributed by atoms with E-state index in [1.807, 2.05) is 55.5 Å². The summed E-state index contributed by atoms with van der Waals surface area (Å²) < 4.78 is 11.2. The summed E-state index contributed by atoms with van der Waals surface area (Å²) in [5.74, 6) is 3.91. The van der Waals surface area contributed by atoms with Crippen molar-refractivity contribution in [2.45, 2.75) is 12.1 Å². The summed E-state index contributed by atoms with van der Waals surface area (Å²) in [6, 6.07) is 15.3. The van der Waals surface area contributed by atoms with Crippen LogP contribution < -0.4 is 15.0 Å². The SMILES string of the molecule is C#CCN1CCN(c2ccccc2NC(=O)CSc2nnc(-c3ccc(OCC)cc3)o2)CC1. The van der Waals surface area contributed by atoms with Gasteiger partial charge in [-0.3, -0.25) is 9.69 Å². The molecule has 3 aromatic rings. The summed E-state index contributed by atoms with van der Waals surface area (Å²) in [5.41, 5.74) is 2.60. The standard InChI is InChI=1S/C25H27N5O3S/c1-3-13-29-14-16-30(17-15-29)22-8-6-5-7-21(22)26-23(31)18-34-25-28-27-24(33-25)19-9-11-20(12-10-19)32-4-2/h1,5-12H,4,13-18H2,2H3,(H,26,31). The van der Waals surface area contributed by atoms with E-state index in [-0.39, 0.29) is 11.7 Å². The van der Waals surface area contributed by atoms with E-state index in [9.17, 15) is 4.79 Å². The van der Waals surface area contributed by atoms with Crippen molar-refractivity contribution < 1.29 is 13.9 Å². The van der Waals surface area contributed by atoms with Gasteiger partial charge in [0.15, 0.2) is 0 Å². The number of anilines is 2. The van der Waals surface area contributed by atoms with Gasteiger partial charge in [-0.25, -0.2) is 0 Å². The number of terminal acetylenes is 1. The van der Waals surface area contributed by atoms with Gasteiger partial charge in [0, 0.05) is 31.7 Å². The van der Waals surface area contributed by atoms with Crippen molar-refractivity contribution in [2.24, 2.45) is 0 Å². The number of nitrogens with one attached hydrogen (secondary N) is 1. The molecule has 8 nitrogen and oxygen atoms in total. The highest BCUT2D eigenvalue weighted by Gasteiger charge is 2.19. The van der Waals surface area contributed by atoms with Crippen LogP contribution in [0.4, 0.5) is 11.4 Å². The number of hydrogen-bond donors (Lipinski definition) is 1. The zero-order valence-electron chi connectivity index (χ0n) is 19.1. The number of amides is 1. The molecule has 0 aliphatic carbocycles. The highest BCUT2D eigenvalue weighted by atomic mass is 32.2. The Balaban J connectivity index is 1.32. The first-order chi connectivity index (χ1) is 16.7. The minimum Gasteiger partial charge on any atom is -0.494 e. The molecule has 176 valence electrons. The quantitative estimate of drug-likeness (QED) is 0.370. The van der Waals surface area contributed by atoms with E-state index in [1.54, 1.807) is 0 Å². The Morgan fingerprint density at radius 1 is 1.15 bits per heavy atom. The summed E-state index contributed by atoms with van der Waals surface area (Å²) in [4.78, 5) is 17.2. The second kappa shape index (κ2) is 11.6. The molecule has 0 atom stereocenters. The Morgan fingerprint density at radius 2 is 1.91 bits per heavy atom. The number of benzene rings is 2. The number of para-hydroxylation sites is 2. The van der Waals surface area contributed by atoms with Gasteiger partial charge in [-0.1, -0.05) is 29.8 Å². The second-order valence-corrected chi connectivity index (χ2v) is 8.58. The number of ether oxygens (including phenoxy) is 1. The molecule has 0 saturated carbocycles. The number of carbonyl (C=O) groups is 1. The smallest absolute Gasteiger partial charge is 0.277 e. The van der Waals surface area contributed by atoms with Crippen LogP contribution in [-0.4, -0.2) is 66.1 Å². The van der Waals surface area contributed by atoms with E-state index in [1.165, 1.54) is 11.8 Å². The third-order valence-electron chi connectivity index (χ3n) is 5.35. The van der Waals surface area contributed by atoms with Crippen molar-refractivity contribution in [3.8, 4) is 29.5 Å². The van der Waals surface area contributed by atoms with Gasteiger partial charge in [0.25, 0.3) is 5.22 Å². The zero-order valence-corrected chi connectivity index (χ0v) is 19.9. The molecule has 4 rings (SSSR count). The number of rotatable bonds is 9. The normalized spacial score (nSPS) is 13.9. The average Bonchev–Trinajstić information content (AvgIpc) is 3.34. The number of carbonyl (C=O) groups excluding carboxylic acids is 1. The van der Waals surface area contributed by atoms with Crippen LogP contribution in [0.3, 0.4) is 0 Å². The summed E-state index contributed by atoms with van der Waals surface area (Å²) in [6.07, 6.45) is 5.43. The lowest BCUT2D eigenvalue weighted by Crippen LogP contribution is -2.46. The van der Waals surface area contributed by atoms with E-state index < -0.39 is 0 Å². The molecule has 34 heavy (non-hydrogen) atoms. The molecule has 0 radical (unpaired) electrons. The first kappa shape index (κ1) is 23.7. The van der Waals surface area contributed by atoms with Gasteiger partial charge < -0.3 is 19.4 Å². The minimum absolute atomic E-state index is 0.135. The molecule has 1 fully saturated rings. The van der Waals surface area contributed by atoms with E-state index in [2.05, 4.69) is 31.2 Å². The molecule has 1 aliphatic rings. The summed E-state index contributed by atoms with van der Waals surface area (Å²) in [5, 5.41) is 11.5. The van der Waals surface area contributed by atoms with Crippen molar-refractivity contribution in [1.29, 1.82) is 0 Å². The molecule has 1 amide bonds. The number of aromatic nitrogens is 2. The van der Waals surface area contributed by atoms with Crippen LogP contribution in [0, 0.1) is 12.3 Å². The van der Waals surface area contributed by atoms with Gasteiger partial charge in [0.1, 0.15) is 5.75 Å². The number of thioether (sulfide) groups is 1. The lowest BCUT2D eigenvalue weighted by molar-refractivity contribution is -0.113. The largest absolute Gasteiger partial charge is 0.494 e. The molecule has 1 saturated heterocycles. The second-order valence-electron chi connectivity index (χ2n) is 7.65. The molecule has 1 aromatic heterocycles. The zero-order chi connectivity index (χ0) is 23.8. The molecule has 2 heterocycles. The van der Waals surface area contributed by atoms with Crippen LogP contribution in [0.2, 0.25) is 0 Å². The summed E-state index contributed by atoms with van der Waals surface area (Å²) in [7, 11) is 0. The van der Waals surface area contributed by atoms with Crippen LogP contribution in [0.15, 0.2) is 58.2 Å². The van der Waals surface area contributed by atoms with Gasteiger partial charge >= 0.3 is 0 Å². The predicted molar refractivity (Wildman–Crippen MR) is 134 cm³/mol. The van der Waals surface area contributed by atoms with Gasteiger partial charge in [0.05, 0.1) is 30.3 Å². The highest BCUT2D eigenvalue weighted by molar-refractivity contribution is 7.99. The monoisotopic (exact) mass is 477 g/mol. The lowest BCUT2D eigenvalue weighted by atomic mass is 10.2. The third kappa shape index (κ3) is 6.10. The molecule has 0 spiro atoms. The van der Waals surface area contributed by atoms with E-state index in [0.29, 0.717) is 24.3 Å². The van der Waals surface area contributed by atoms with E-state index in [0.717, 1.165) is 48.9 Å². The Labute approximate surface area is 203 Å². The molecule has 0 bridgehead atoms. The number of hydrogen-bond acceptors (Lipinski definition) is 8. The maximum atomic E-state index is 12.6. The summed E-state index contributed by atoms with van der Waals surface area (Å²) >= 11 is 1.21. The molecule has 2 aromatic carbocycles. The first-order valence-electron chi connectivity index (χ1n) is 11.2. The van der Waals surface area contributed by atoms with Crippen molar-refractivity contribution in [2.75, 3.05) is 55.3 Å². The highest BCUT2D eigenvalue weighted by Crippen LogP contribution is 2.28. The topological polar surface area (TPSA) is 83.7 Å². The Kier molecular flexibility index (Phi) is 8.07. The fourth-order valence-electron chi connectivity index (χ4n) is 3.69. The van der Waals surface area contributed by atoms with Crippen molar-refractivity contribution in [3.63, 3.8) is 0 Å². The van der Waals surface area contributed by atoms with E-state index >= 15 is 0 Å². The molecular weight excluding hydrogens is 450 g/mol. The van der Waals surface area contributed by atoms with Crippen molar-refractivity contribution in [3.05, 3.63) is 48.5 Å². The maximum Gasteiger partial charge on any atom is 0.277 e. The van der Waals surface area contributed by atoms with Gasteiger partial charge in [-0.2, -0.15) is 0 Å². The van der Waals surface area contributed by atoms with Crippen molar-refractivity contribution in [1.82, 2.24) is 15.1 Å². The lowest BCUT2D eigenvalue weighted by Gasteiger charge is -2.36. The number of piperazine rings is 1. The van der Waals surface area contributed by atoms with Crippen LogP contribution in [0.25, 0.3) is 11.5 Å². The van der Waals surface area contributed by atoms with Crippen LogP contribution in [-0.2, 0) is 4.79 Å². The van der Waals surface area contributed by atoms with Crippen LogP contribution in [0.5, 0.6) is 5.75 Å². The average molecular weight is 478 g/mol. The van der Waals surface area contributed by atoms with Gasteiger partial charge in [0.2, 0.25) is 11.8 Å². The molecule has 0 unspecified atom stereocenters. The fraction of sp³-hybridized carbons (Fsp3) is 0.320. The van der Waals surface area contributed by atoms with Crippen molar-refractivity contribution >= 4 is 29.0 Å². The molecular formula is C25H27N5O3S. The predicted octanol–water partition coefficient (Wildman–Crippen LogP) is 3.62. The Hall–Kier alpha value is -3.48.